The van der Waals surface area contributed by atoms with Gasteiger partial charge in [0.05, 0.1) is 0 Å². The van der Waals surface area contributed by atoms with E-state index in [0.29, 0.717) is 0 Å². The highest BCUT2D eigenvalue weighted by atomic mass is 32.1. The zero-order valence-electron chi connectivity index (χ0n) is 7.95. The topological polar surface area (TPSA) is 38.7 Å². The van der Waals surface area contributed by atoms with E-state index in [1.807, 2.05) is 0 Å². The molecular formula is C11H9N3S. The molecule has 0 aliphatic heterocycles. The van der Waals surface area contributed by atoms with Gasteiger partial charge in [0.25, 0.3) is 0 Å². The van der Waals surface area contributed by atoms with Crippen LogP contribution < -0.4 is 0 Å². The Balaban J connectivity index is 0.000000124. The van der Waals surface area contributed by atoms with Crippen LogP contribution in [0.3, 0.4) is 0 Å². The maximum Gasteiger partial charge on any atom is 0.119 e. The molecule has 0 unspecified atom stereocenters. The van der Waals surface area contributed by atoms with Gasteiger partial charge in [0.2, 0.25) is 0 Å². The molecule has 0 amide bonds. The van der Waals surface area contributed by atoms with Crippen molar-refractivity contribution in [3.63, 3.8) is 0 Å². The standard InChI is InChI=1S/C8H6S.C3H3N3/c1-2-4-8-7(3-1)5-6-9-8;1-4-2-6-3-5-1/h1-6H;1-3H. The zero-order valence-corrected chi connectivity index (χ0v) is 8.76. The summed E-state index contributed by atoms with van der Waals surface area (Å²) in [6.45, 7) is 0. The molecule has 0 aliphatic rings. The highest BCUT2D eigenvalue weighted by molar-refractivity contribution is 7.17. The lowest BCUT2D eigenvalue weighted by molar-refractivity contribution is 1.05. The smallest absolute Gasteiger partial charge is 0.119 e. The minimum absolute atomic E-state index is 1.35. The van der Waals surface area contributed by atoms with Crippen molar-refractivity contribution in [2.24, 2.45) is 0 Å². The average molecular weight is 215 g/mol. The van der Waals surface area contributed by atoms with E-state index in [1.54, 1.807) is 11.3 Å². The molecule has 0 fully saturated rings. The molecule has 0 saturated carbocycles. The number of nitrogens with zero attached hydrogens (tertiary/aromatic N) is 3. The molecule has 74 valence electrons. The highest BCUT2D eigenvalue weighted by Crippen LogP contribution is 2.18. The summed E-state index contributed by atoms with van der Waals surface area (Å²) >= 11 is 1.79. The SMILES string of the molecule is c1ccc2sccc2c1.c1ncncn1. The first-order valence-corrected chi connectivity index (χ1v) is 5.32. The summed E-state index contributed by atoms with van der Waals surface area (Å²) in [5, 5.41) is 3.47. The maximum atomic E-state index is 3.56. The van der Waals surface area contributed by atoms with E-state index in [9.17, 15) is 0 Å². The van der Waals surface area contributed by atoms with Crippen molar-refractivity contribution < 1.29 is 0 Å². The minimum atomic E-state index is 1.35. The number of aromatic nitrogens is 3. The first-order valence-electron chi connectivity index (χ1n) is 4.44. The Labute approximate surface area is 91.5 Å². The van der Waals surface area contributed by atoms with Crippen LogP contribution in [0.4, 0.5) is 0 Å². The van der Waals surface area contributed by atoms with E-state index in [4.69, 9.17) is 0 Å². The minimum Gasteiger partial charge on any atom is -0.225 e. The first-order chi connectivity index (χ1) is 7.47. The summed E-state index contributed by atoms with van der Waals surface area (Å²) in [7, 11) is 0. The molecule has 3 rings (SSSR count). The molecular weight excluding hydrogens is 206 g/mol. The Kier molecular flexibility index (Phi) is 3.35. The number of thiophene rings is 1. The van der Waals surface area contributed by atoms with E-state index in [-0.39, 0.29) is 0 Å². The largest absolute Gasteiger partial charge is 0.225 e. The van der Waals surface area contributed by atoms with Crippen LogP contribution in [0.1, 0.15) is 0 Å². The Bertz CT molecular complexity index is 450. The molecule has 1 aromatic carbocycles. The second kappa shape index (κ2) is 5.17. The molecule has 0 atom stereocenters. The van der Waals surface area contributed by atoms with Crippen LogP contribution in [0.2, 0.25) is 0 Å². The lowest BCUT2D eigenvalue weighted by atomic mass is 10.3. The number of hydrogen-bond donors (Lipinski definition) is 0. The van der Waals surface area contributed by atoms with E-state index in [0.717, 1.165) is 0 Å². The molecule has 0 radical (unpaired) electrons. The number of fused-ring (bicyclic) bond motifs is 1. The van der Waals surface area contributed by atoms with Crippen molar-refractivity contribution in [1.82, 2.24) is 15.0 Å². The Morgan fingerprint density at radius 3 is 2.07 bits per heavy atom. The Morgan fingerprint density at radius 2 is 1.47 bits per heavy atom. The number of benzene rings is 1. The van der Waals surface area contributed by atoms with Gasteiger partial charge in [-0.2, -0.15) is 0 Å². The number of rotatable bonds is 0. The summed E-state index contributed by atoms with van der Waals surface area (Å²) in [6.07, 6.45) is 4.31. The molecule has 0 bridgehead atoms. The maximum absolute atomic E-state index is 3.56. The van der Waals surface area contributed by atoms with E-state index >= 15 is 0 Å². The van der Waals surface area contributed by atoms with Gasteiger partial charge in [-0.25, -0.2) is 15.0 Å². The van der Waals surface area contributed by atoms with Gasteiger partial charge in [-0.15, -0.1) is 11.3 Å². The summed E-state index contributed by atoms with van der Waals surface area (Å²) in [5.74, 6) is 0. The van der Waals surface area contributed by atoms with Gasteiger partial charge in [-0.3, -0.25) is 0 Å². The fourth-order valence-corrected chi connectivity index (χ4v) is 1.90. The van der Waals surface area contributed by atoms with Crippen LogP contribution in [0.5, 0.6) is 0 Å². The molecule has 2 heterocycles. The van der Waals surface area contributed by atoms with Crippen LogP contribution in [-0.2, 0) is 0 Å². The van der Waals surface area contributed by atoms with Crippen LogP contribution in [0.25, 0.3) is 10.1 Å². The van der Waals surface area contributed by atoms with Gasteiger partial charge in [-0.05, 0) is 22.9 Å². The normalized spacial score (nSPS) is 9.33. The van der Waals surface area contributed by atoms with E-state index in [2.05, 4.69) is 50.7 Å². The molecule has 0 N–H and O–H groups in total. The van der Waals surface area contributed by atoms with Crippen molar-refractivity contribution in [3.8, 4) is 0 Å². The zero-order chi connectivity index (χ0) is 10.3. The fraction of sp³-hybridized carbons (Fsp3) is 0. The highest BCUT2D eigenvalue weighted by Gasteiger charge is 1.87. The van der Waals surface area contributed by atoms with E-state index < -0.39 is 0 Å². The van der Waals surface area contributed by atoms with Crippen molar-refractivity contribution in [2.75, 3.05) is 0 Å². The predicted molar refractivity (Wildman–Crippen MR) is 61.7 cm³/mol. The molecule has 15 heavy (non-hydrogen) atoms. The fourth-order valence-electron chi connectivity index (χ4n) is 1.11. The molecule has 0 spiro atoms. The lowest BCUT2D eigenvalue weighted by Gasteiger charge is -1.82. The van der Waals surface area contributed by atoms with Gasteiger partial charge in [0, 0.05) is 4.70 Å². The van der Waals surface area contributed by atoms with E-state index in [1.165, 1.54) is 29.1 Å². The van der Waals surface area contributed by atoms with Crippen LogP contribution in [0.15, 0.2) is 54.7 Å². The summed E-state index contributed by atoms with van der Waals surface area (Å²) < 4.78 is 1.37. The molecule has 0 aliphatic carbocycles. The lowest BCUT2D eigenvalue weighted by Crippen LogP contribution is -1.73. The predicted octanol–water partition coefficient (Wildman–Crippen LogP) is 2.77. The third-order valence-electron chi connectivity index (χ3n) is 1.76. The number of hydrogen-bond acceptors (Lipinski definition) is 4. The van der Waals surface area contributed by atoms with Gasteiger partial charge in [0.15, 0.2) is 0 Å². The summed E-state index contributed by atoms with van der Waals surface area (Å²) in [6, 6.07) is 10.5. The molecule has 0 saturated heterocycles. The van der Waals surface area contributed by atoms with Gasteiger partial charge < -0.3 is 0 Å². The van der Waals surface area contributed by atoms with Gasteiger partial charge >= 0.3 is 0 Å². The van der Waals surface area contributed by atoms with Crippen molar-refractivity contribution in [1.29, 1.82) is 0 Å². The van der Waals surface area contributed by atoms with Crippen LogP contribution in [0, 0.1) is 0 Å². The second-order valence-electron chi connectivity index (χ2n) is 2.75. The van der Waals surface area contributed by atoms with Crippen LogP contribution >= 0.6 is 11.3 Å². The Hall–Kier alpha value is -1.81. The molecule has 4 heteroatoms. The summed E-state index contributed by atoms with van der Waals surface area (Å²) in [5.41, 5.74) is 0. The molecule has 2 aromatic heterocycles. The monoisotopic (exact) mass is 215 g/mol. The third kappa shape index (κ3) is 2.82. The van der Waals surface area contributed by atoms with Crippen LogP contribution in [-0.4, -0.2) is 15.0 Å². The van der Waals surface area contributed by atoms with Gasteiger partial charge in [0.1, 0.15) is 19.0 Å². The second-order valence-corrected chi connectivity index (χ2v) is 3.70. The van der Waals surface area contributed by atoms with Crippen molar-refractivity contribution >= 4 is 21.4 Å². The molecule has 3 nitrogen and oxygen atoms in total. The van der Waals surface area contributed by atoms with Crippen molar-refractivity contribution in [3.05, 3.63) is 54.7 Å². The molecule has 3 aromatic rings. The van der Waals surface area contributed by atoms with Crippen molar-refractivity contribution in [2.45, 2.75) is 0 Å². The third-order valence-corrected chi connectivity index (χ3v) is 2.66. The summed E-state index contributed by atoms with van der Waals surface area (Å²) in [4.78, 5) is 10.7. The van der Waals surface area contributed by atoms with Gasteiger partial charge in [-0.1, -0.05) is 18.2 Å². The Morgan fingerprint density at radius 1 is 0.800 bits per heavy atom. The quantitative estimate of drug-likeness (QED) is 0.578. The first kappa shape index (κ1) is 9.73. The average Bonchev–Trinajstić information content (AvgIpc) is 2.80.